The number of amides is 1. The number of hydrogen-bond acceptors (Lipinski definition) is 5. The van der Waals surface area contributed by atoms with E-state index in [4.69, 9.17) is 4.42 Å². The Balaban J connectivity index is 1.68. The number of para-hydroxylation sites is 1. The van der Waals surface area contributed by atoms with Crippen molar-refractivity contribution in [1.29, 1.82) is 5.26 Å². The van der Waals surface area contributed by atoms with Gasteiger partial charge in [0.25, 0.3) is 5.91 Å². The number of hydrogen-bond donors (Lipinski definition) is 1. The zero-order chi connectivity index (χ0) is 19.0. The zero-order valence-electron chi connectivity index (χ0n) is 14.9. The Hall–Kier alpha value is -2.91. The summed E-state index contributed by atoms with van der Waals surface area (Å²) in [5, 5.41) is 13.6. The number of anilines is 1. The highest BCUT2D eigenvalue weighted by Crippen LogP contribution is 2.40. The van der Waals surface area contributed by atoms with Gasteiger partial charge in [0.1, 0.15) is 22.2 Å². The quantitative estimate of drug-likeness (QED) is 0.681. The van der Waals surface area contributed by atoms with E-state index in [1.807, 2.05) is 6.07 Å². The lowest BCUT2D eigenvalue weighted by molar-refractivity contribution is 0.102. The van der Waals surface area contributed by atoms with E-state index in [1.165, 1.54) is 22.3 Å². The first-order valence-electron chi connectivity index (χ1n) is 8.99. The Morgan fingerprint density at radius 2 is 2.22 bits per heavy atom. The summed E-state index contributed by atoms with van der Waals surface area (Å²) in [5.74, 6) is 0.0791. The van der Waals surface area contributed by atoms with E-state index in [1.54, 1.807) is 18.2 Å². The van der Waals surface area contributed by atoms with Crippen LogP contribution in [0.4, 0.5) is 5.00 Å². The topological polar surface area (TPSA) is 83.1 Å². The second-order valence-electron chi connectivity index (χ2n) is 6.78. The Morgan fingerprint density at radius 3 is 3.00 bits per heavy atom. The Labute approximate surface area is 160 Å². The van der Waals surface area contributed by atoms with Crippen molar-refractivity contribution in [2.45, 2.75) is 32.6 Å². The van der Waals surface area contributed by atoms with Gasteiger partial charge < -0.3 is 9.73 Å². The molecule has 0 aliphatic heterocycles. The molecule has 0 unspecified atom stereocenters. The van der Waals surface area contributed by atoms with E-state index >= 15 is 0 Å². The third-order valence-electron chi connectivity index (χ3n) is 5.17. The minimum absolute atomic E-state index is 0.0598. The molecule has 3 aromatic rings. The average Bonchev–Trinajstić information content (AvgIpc) is 3.03. The fourth-order valence-electron chi connectivity index (χ4n) is 3.60. The van der Waals surface area contributed by atoms with Crippen LogP contribution in [0.1, 0.15) is 46.1 Å². The van der Waals surface area contributed by atoms with Crippen molar-refractivity contribution >= 4 is 33.2 Å². The van der Waals surface area contributed by atoms with Crippen LogP contribution in [0.25, 0.3) is 11.0 Å². The molecule has 136 valence electrons. The van der Waals surface area contributed by atoms with Crippen LogP contribution in [0.5, 0.6) is 0 Å². The summed E-state index contributed by atoms with van der Waals surface area (Å²) >= 11 is 1.45. The molecule has 1 aliphatic rings. The number of benzene rings is 1. The number of carbonyl (C=O) groups is 1. The van der Waals surface area contributed by atoms with Crippen LogP contribution in [-0.4, -0.2) is 5.91 Å². The van der Waals surface area contributed by atoms with Crippen molar-refractivity contribution in [3.63, 3.8) is 0 Å². The Kier molecular flexibility index (Phi) is 4.54. The summed E-state index contributed by atoms with van der Waals surface area (Å²) in [6.45, 7) is 2.18. The smallest absolute Gasteiger partial charge is 0.349 e. The minimum Gasteiger partial charge on any atom is -0.422 e. The lowest BCUT2D eigenvalue weighted by Crippen LogP contribution is -2.20. The lowest BCUT2D eigenvalue weighted by atomic mass is 9.86. The molecule has 6 heteroatoms. The first kappa shape index (κ1) is 17.5. The third-order valence-corrected chi connectivity index (χ3v) is 6.34. The molecule has 1 aliphatic carbocycles. The first-order chi connectivity index (χ1) is 13.1. The van der Waals surface area contributed by atoms with Gasteiger partial charge in [-0.15, -0.1) is 11.3 Å². The highest BCUT2D eigenvalue weighted by molar-refractivity contribution is 7.16. The van der Waals surface area contributed by atoms with Crippen LogP contribution in [0.15, 0.2) is 39.5 Å². The number of nitrogens with one attached hydrogen (secondary N) is 1. The number of thiophene rings is 1. The van der Waals surface area contributed by atoms with Crippen molar-refractivity contribution in [3.05, 3.63) is 62.3 Å². The highest BCUT2D eigenvalue weighted by Gasteiger charge is 2.26. The van der Waals surface area contributed by atoms with Crippen LogP contribution >= 0.6 is 11.3 Å². The molecule has 5 nitrogen and oxygen atoms in total. The van der Waals surface area contributed by atoms with Gasteiger partial charge in [0.05, 0.1) is 5.56 Å². The van der Waals surface area contributed by atoms with Gasteiger partial charge in [-0.3, -0.25) is 4.79 Å². The average molecular weight is 378 g/mol. The lowest BCUT2D eigenvalue weighted by Gasteiger charge is -2.20. The summed E-state index contributed by atoms with van der Waals surface area (Å²) in [5.41, 5.74) is 1.28. The molecule has 1 atom stereocenters. The molecule has 1 N–H and O–H groups in total. The molecule has 27 heavy (non-hydrogen) atoms. The van der Waals surface area contributed by atoms with E-state index in [2.05, 4.69) is 18.3 Å². The summed E-state index contributed by atoms with van der Waals surface area (Å²) in [4.78, 5) is 26.1. The van der Waals surface area contributed by atoms with Crippen molar-refractivity contribution in [3.8, 4) is 6.07 Å². The van der Waals surface area contributed by atoms with Crippen LogP contribution in [0.3, 0.4) is 0 Å². The number of rotatable bonds is 3. The van der Waals surface area contributed by atoms with E-state index in [-0.39, 0.29) is 5.56 Å². The molecular weight excluding hydrogens is 360 g/mol. The summed E-state index contributed by atoms with van der Waals surface area (Å²) < 4.78 is 5.24. The molecule has 1 amide bonds. The van der Waals surface area contributed by atoms with Crippen LogP contribution in [0, 0.1) is 17.2 Å². The summed E-state index contributed by atoms with van der Waals surface area (Å²) in [7, 11) is 0. The van der Waals surface area contributed by atoms with Crippen LogP contribution < -0.4 is 10.9 Å². The van der Waals surface area contributed by atoms with Gasteiger partial charge in [0.2, 0.25) is 0 Å². The maximum atomic E-state index is 12.7. The van der Waals surface area contributed by atoms with Gasteiger partial charge in [0, 0.05) is 10.3 Å². The second-order valence-corrected chi connectivity index (χ2v) is 7.88. The summed E-state index contributed by atoms with van der Waals surface area (Å²) in [6.07, 6.45) is 3.98. The van der Waals surface area contributed by atoms with E-state index in [0.717, 1.165) is 31.2 Å². The van der Waals surface area contributed by atoms with Gasteiger partial charge >= 0.3 is 5.63 Å². The van der Waals surface area contributed by atoms with E-state index < -0.39 is 11.5 Å². The van der Waals surface area contributed by atoms with Gasteiger partial charge in [-0.2, -0.15) is 5.26 Å². The molecule has 0 saturated carbocycles. The van der Waals surface area contributed by atoms with E-state index in [9.17, 15) is 14.9 Å². The SMILES string of the molecule is CC[C@@H]1CCc2c(sc(NC(=O)c3cc4ccccc4oc3=O)c2C#N)C1. The zero-order valence-corrected chi connectivity index (χ0v) is 15.7. The van der Waals surface area contributed by atoms with Gasteiger partial charge in [0.15, 0.2) is 0 Å². The van der Waals surface area contributed by atoms with Crippen molar-refractivity contribution in [2.24, 2.45) is 5.92 Å². The van der Waals surface area contributed by atoms with Crippen molar-refractivity contribution < 1.29 is 9.21 Å². The Bertz CT molecular complexity index is 1140. The molecular formula is C21H18N2O3S. The molecule has 0 fully saturated rings. The fraction of sp³-hybridized carbons (Fsp3) is 0.286. The Morgan fingerprint density at radius 1 is 1.41 bits per heavy atom. The van der Waals surface area contributed by atoms with Crippen LogP contribution in [-0.2, 0) is 12.8 Å². The van der Waals surface area contributed by atoms with Crippen LogP contribution in [0.2, 0.25) is 0 Å². The molecule has 4 rings (SSSR count). The monoisotopic (exact) mass is 378 g/mol. The maximum absolute atomic E-state index is 12.7. The number of carbonyl (C=O) groups excluding carboxylic acids is 1. The fourth-order valence-corrected chi connectivity index (χ4v) is 4.91. The molecule has 2 heterocycles. The first-order valence-corrected chi connectivity index (χ1v) is 9.81. The molecule has 0 spiro atoms. The summed E-state index contributed by atoms with van der Waals surface area (Å²) in [6, 6.07) is 10.8. The predicted molar refractivity (Wildman–Crippen MR) is 105 cm³/mol. The van der Waals surface area contributed by atoms with Gasteiger partial charge in [-0.1, -0.05) is 31.5 Å². The molecule has 0 bridgehead atoms. The molecule has 0 radical (unpaired) electrons. The standard InChI is InChI=1S/C21H18N2O3S/c1-2-12-7-8-14-16(11-22)20(27-18(14)9-12)23-19(24)15-10-13-5-3-4-6-17(13)26-21(15)25/h3-6,10,12H,2,7-9H2,1H3,(H,23,24)/t12-/m1/s1. The largest absolute Gasteiger partial charge is 0.422 e. The van der Waals surface area contributed by atoms with Crippen molar-refractivity contribution in [2.75, 3.05) is 5.32 Å². The molecule has 0 saturated heterocycles. The number of nitrogens with zero attached hydrogens (tertiary/aromatic N) is 1. The molecule has 2 aromatic heterocycles. The van der Waals surface area contributed by atoms with Gasteiger partial charge in [-0.05, 0) is 42.9 Å². The normalized spacial score (nSPS) is 15.9. The minimum atomic E-state index is -0.683. The molecule has 1 aromatic carbocycles. The predicted octanol–water partition coefficient (Wildman–Crippen LogP) is 4.49. The number of fused-ring (bicyclic) bond motifs is 2. The second kappa shape index (κ2) is 7.01. The van der Waals surface area contributed by atoms with Crippen molar-refractivity contribution in [1.82, 2.24) is 0 Å². The highest BCUT2D eigenvalue weighted by atomic mass is 32.1. The van der Waals surface area contributed by atoms with E-state index in [0.29, 0.717) is 27.5 Å². The van der Waals surface area contributed by atoms with Gasteiger partial charge in [-0.25, -0.2) is 4.79 Å². The maximum Gasteiger partial charge on any atom is 0.349 e. The number of nitriles is 1. The third kappa shape index (κ3) is 3.15.